The molecule has 9 N–H and O–H groups in total. The molecule has 2 unspecified atom stereocenters. The predicted molar refractivity (Wildman–Crippen MR) is 149 cm³/mol. The molecule has 26 heteroatoms. The molecule has 0 radical (unpaired) electrons. The van der Waals surface area contributed by atoms with Crippen LogP contribution in [0.3, 0.4) is 0 Å². The number of hydrazine groups is 2. The second kappa shape index (κ2) is 10.5. The summed E-state index contributed by atoms with van der Waals surface area (Å²) in [5.41, 5.74) is 13.0. The average molecular weight is 697 g/mol. The minimum atomic E-state index is -5.23. The van der Waals surface area contributed by atoms with Crippen LogP contribution in [0.1, 0.15) is 0 Å². The zero-order valence-corrected chi connectivity index (χ0v) is 25.0. The summed E-state index contributed by atoms with van der Waals surface area (Å²) in [4.78, 5) is 52.2. The van der Waals surface area contributed by atoms with Crippen molar-refractivity contribution in [3.05, 3.63) is 23.0 Å². The number of alkyl halides is 2. The summed E-state index contributed by atoms with van der Waals surface area (Å²) < 4.78 is 79.9. The number of rotatable bonds is 2. The molecule has 8 atom stereocenters. The fourth-order valence-corrected chi connectivity index (χ4v) is 7.92. The van der Waals surface area contributed by atoms with Crippen LogP contribution < -0.4 is 33.0 Å². The second-order valence-corrected chi connectivity index (χ2v) is 14.3. The number of aromatic nitrogens is 6. The number of nitrogen functional groups attached to an aromatic ring is 2. The number of anilines is 4. The van der Waals surface area contributed by atoms with Crippen molar-refractivity contribution in [3.8, 4) is 0 Å². The summed E-state index contributed by atoms with van der Waals surface area (Å²) in [6, 6.07) is 0. The second-order valence-electron chi connectivity index (χ2n) is 10.2. The van der Waals surface area contributed by atoms with Gasteiger partial charge in [0.25, 0.3) is 11.4 Å². The van der Waals surface area contributed by atoms with E-state index in [2.05, 4.69) is 35.9 Å². The molecule has 0 spiro atoms. The fraction of sp³-hybridized carbons (Fsp3) is 0.526. The Bertz CT molecular complexity index is 1840. The van der Waals surface area contributed by atoms with Gasteiger partial charge in [0.2, 0.25) is 11.7 Å². The Hall–Kier alpha value is -2.99. The van der Waals surface area contributed by atoms with Crippen LogP contribution in [0.15, 0.2) is 17.4 Å². The third-order valence-electron chi connectivity index (χ3n) is 7.43. The molecule has 3 fully saturated rings. The van der Waals surface area contributed by atoms with Crippen LogP contribution in [0.5, 0.6) is 0 Å². The lowest BCUT2D eigenvalue weighted by molar-refractivity contribution is -0.0711. The lowest BCUT2D eigenvalue weighted by Crippen LogP contribution is -2.60. The van der Waals surface area contributed by atoms with E-state index >= 15 is 8.78 Å². The van der Waals surface area contributed by atoms with Gasteiger partial charge in [0, 0.05) is 0 Å². The summed E-state index contributed by atoms with van der Waals surface area (Å²) in [5, 5.41) is 0.802. The number of hydrogen-bond donors (Lipinski definition) is 7. The summed E-state index contributed by atoms with van der Waals surface area (Å²) in [6.45, 7) is -7.78. The largest absolute Gasteiger partial charge is 0.472 e. The summed E-state index contributed by atoms with van der Waals surface area (Å²) >= 11 is 5.19. The highest BCUT2D eigenvalue weighted by atomic mass is 32.5. The molecule has 0 saturated carbocycles. The summed E-state index contributed by atoms with van der Waals surface area (Å²) in [5.74, 6) is -3.29. The maximum atomic E-state index is 16.9. The van der Waals surface area contributed by atoms with Gasteiger partial charge in [-0.3, -0.25) is 33.3 Å². The number of phosphoric ester groups is 1. The molecule has 0 aromatic carbocycles. The van der Waals surface area contributed by atoms with E-state index in [0.29, 0.717) is 0 Å². The van der Waals surface area contributed by atoms with Crippen LogP contribution in [-0.4, -0.2) is 96.0 Å². The van der Waals surface area contributed by atoms with E-state index in [1.807, 2.05) is 0 Å². The third kappa shape index (κ3) is 4.97. The van der Waals surface area contributed by atoms with Gasteiger partial charge in [-0.05, 0) is 11.8 Å². The SMILES string of the molecule is Nc1nc2c(ncn2[C@@]23CO[C@H](COP(=O)(O)O[C@@H]4[C@@H](COP(O)(=S)O2)OC[C@@]4(F)N2NNc4c(N)ncnc42)[C@H]3F)c(=O)[nH]1. The van der Waals surface area contributed by atoms with Gasteiger partial charge in [-0.2, -0.15) is 4.98 Å². The van der Waals surface area contributed by atoms with E-state index in [1.54, 1.807) is 0 Å². The van der Waals surface area contributed by atoms with E-state index in [0.717, 1.165) is 22.2 Å². The van der Waals surface area contributed by atoms with Gasteiger partial charge in [-0.15, -0.1) is 5.53 Å². The Kier molecular flexibility index (Phi) is 7.16. The van der Waals surface area contributed by atoms with Crippen molar-refractivity contribution in [3.63, 3.8) is 0 Å². The van der Waals surface area contributed by atoms with Crippen molar-refractivity contribution in [2.24, 2.45) is 0 Å². The van der Waals surface area contributed by atoms with Gasteiger partial charge in [0.15, 0.2) is 35.1 Å². The first kappa shape index (κ1) is 30.7. The number of nitrogens with zero attached hydrogens (tertiary/aromatic N) is 6. The van der Waals surface area contributed by atoms with Crippen molar-refractivity contribution in [2.45, 2.75) is 36.0 Å². The van der Waals surface area contributed by atoms with Gasteiger partial charge < -0.3 is 35.3 Å². The summed E-state index contributed by atoms with van der Waals surface area (Å²) in [7, 11) is -5.23. The van der Waals surface area contributed by atoms with E-state index in [4.69, 9.17) is 50.8 Å². The molecule has 4 aliphatic rings. The molecule has 244 valence electrons. The van der Waals surface area contributed by atoms with Crippen LogP contribution in [0.25, 0.3) is 11.2 Å². The minimum absolute atomic E-state index is 0.0412. The van der Waals surface area contributed by atoms with Gasteiger partial charge in [0.05, 0.1) is 26.1 Å². The highest BCUT2D eigenvalue weighted by Crippen LogP contribution is 2.56. The average Bonchev–Trinajstić information content (AvgIpc) is 3.73. The van der Waals surface area contributed by atoms with E-state index in [9.17, 15) is 19.1 Å². The maximum Gasteiger partial charge on any atom is 0.472 e. The number of fused-ring (bicyclic) bond motifs is 5. The molecule has 21 nitrogen and oxygen atoms in total. The fourth-order valence-electron chi connectivity index (χ4n) is 5.34. The van der Waals surface area contributed by atoms with Gasteiger partial charge in [0.1, 0.15) is 30.8 Å². The highest BCUT2D eigenvalue weighted by Gasteiger charge is 2.62. The number of halogens is 2. The van der Waals surface area contributed by atoms with Crippen molar-refractivity contribution in [1.82, 2.24) is 35.0 Å². The van der Waals surface area contributed by atoms with Crippen molar-refractivity contribution < 1.29 is 50.7 Å². The standard InChI is InChI=1S/C19H23F2N11O10P2S/c20-11-7-1-39-43(34,35)41-12-8(37-3-18(12,21)32-14-9(29-30-32)13(22)24-5-25-14)2-40-44(36,45)42-19(11,4-38-7)31-6-26-10-15(31)27-17(23)28-16(10)33/h5-8,11-12,29-30H,1-4H2,(H,34,35)(H,36,45)(H2,22,24,25)(H3,23,27,28,33)/t7-,8-,11-,12-,18-,19+,44?/m1/s1. The minimum Gasteiger partial charge on any atom is -0.382 e. The Labute approximate surface area is 253 Å². The third-order valence-corrected chi connectivity index (χ3v) is 9.96. The lowest BCUT2D eigenvalue weighted by atomic mass is 10.1. The van der Waals surface area contributed by atoms with Gasteiger partial charge in [-0.1, -0.05) is 0 Å². The number of phosphoric acid groups is 1. The maximum absolute atomic E-state index is 16.9. The molecule has 45 heavy (non-hydrogen) atoms. The number of aromatic amines is 1. The smallest absolute Gasteiger partial charge is 0.382 e. The first-order valence-corrected chi connectivity index (χ1v) is 16.9. The monoisotopic (exact) mass is 697 g/mol. The van der Waals surface area contributed by atoms with Crippen LogP contribution in [0, 0.1) is 0 Å². The van der Waals surface area contributed by atoms with Crippen LogP contribution >= 0.6 is 14.5 Å². The molecule has 4 aliphatic heterocycles. The van der Waals surface area contributed by atoms with Crippen molar-refractivity contribution in [1.29, 1.82) is 0 Å². The molecule has 3 aromatic rings. The molecule has 3 saturated heterocycles. The van der Waals surface area contributed by atoms with Crippen molar-refractivity contribution in [2.75, 3.05) is 48.3 Å². The van der Waals surface area contributed by atoms with E-state index in [-0.39, 0.29) is 34.4 Å². The van der Waals surface area contributed by atoms with Crippen LogP contribution in [-0.2, 0) is 49.7 Å². The molecule has 0 aliphatic carbocycles. The lowest BCUT2D eigenvalue weighted by Gasteiger charge is -2.36. The number of hydrogen-bond acceptors (Lipinski definition) is 18. The van der Waals surface area contributed by atoms with Crippen LogP contribution in [0.2, 0.25) is 0 Å². The quantitative estimate of drug-likeness (QED) is 0.120. The first-order chi connectivity index (χ1) is 21.2. The predicted octanol–water partition coefficient (Wildman–Crippen LogP) is -1.35. The van der Waals surface area contributed by atoms with Crippen molar-refractivity contribution >= 4 is 60.8 Å². The summed E-state index contributed by atoms with van der Waals surface area (Å²) in [6.07, 6.45) is -5.48. The van der Waals surface area contributed by atoms with Gasteiger partial charge >= 0.3 is 14.5 Å². The molecule has 7 rings (SSSR count). The molecule has 3 aromatic heterocycles. The number of imidazole rings is 1. The number of nitrogens with two attached hydrogens (primary N) is 2. The van der Waals surface area contributed by atoms with Gasteiger partial charge in [-0.25, -0.2) is 33.3 Å². The van der Waals surface area contributed by atoms with Crippen LogP contribution in [0.4, 0.5) is 32.1 Å². The molecular formula is C19H23F2N11O10P2S. The Morgan fingerprint density at radius 1 is 1.13 bits per heavy atom. The molecule has 0 amide bonds. The van der Waals surface area contributed by atoms with E-state index in [1.165, 1.54) is 0 Å². The Morgan fingerprint density at radius 2 is 1.89 bits per heavy atom. The topological polar surface area (TPSA) is 282 Å². The number of ether oxygens (including phenoxy) is 2. The zero-order chi connectivity index (χ0) is 31.9. The molecular weight excluding hydrogens is 674 g/mol. The highest BCUT2D eigenvalue weighted by molar-refractivity contribution is 8.07. The van der Waals surface area contributed by atoms with E-state index < -0.39 is 82.5 Å². The zero-order valence-electron chi connectivity index (χ0n) is 22.3. The Balaban J connectivity index is 1.26. The number of nitrogens with one attached hydrogen (secondary N) is 3. The molecule has 7 heterocycles. The Morgan fingerprint density at radius 3 is 2.69 bits per heavy atom. The molecule has 2 bridgehead atoms. The number of H-pyrrole nitrogens is 1. The first-order valence-electron chi connectivity index (χ1n) is 12.8. The normalized spacial score (nSPS) is 38.6.